The van der Waals surface area contributed by atoms with E-state index in [9.17, 15) is 13.2 Å². The van der Waals surface area contributed by atoms with Crippen molar-refractivity contribution in [2.75, 3.05) is 32.1 Å². The summed E-state index contributed by atoms with van der Waals surface area (Å²) in [5, 5.41) is 4.62. The summed E-state index contributed by atoms with van der Waals surface area (Å²) >= 11 is 0. The summed E-state index contributed by atoms with van der Waals surface area (Å²) in [7, 11) is -2.17. The van der Waals surface area contributed by atoms with Crippen molar-refractivity contribution in [1.29, 1.82) is 0 Å². The molecule has 230 valence electrons. The minimum Gasteiger partial charge on any atom is -0.359 e. The van der Waals surface area contributed by atoms with Crippen LogP contribution in [0.15, 0.2) is 36.7 Å². The Balaban J connectivity index is 1.52. The maximum Gasteiger partial charge on any atom is 0.308 e. The second-order valence-electron chi connectivity index (χ2n) is 13.7. The Labute approximate surface area is 251 Å². The van der Waals surface area contributed by atoms with Gasteiger partial charge in [0.25, 0.3) is 0 Å². The molecule has 0 spiro atoms. The fraction of sp³-hybridized carbons (Fsp3) is 0.567. The number of aryl methyl sites for hydroxylation is 1. The minimum absolute atomic E-state index is 0.0450. The highest BCUT2D eigenvalue weighted by molar-refractivity contribution is 7.87. The first kappa shape index (κ1) is 32.1. The fourth-order valence-corrected chi connectivity index (χ4v) is 6.67. The Hall–Kier alpha value is -2.80. The molecule has 0 saturated heterocycles. The van der Waals surface area contributed by atoms with E-state index in [0.717, 1.165) is 57.4 Å². The van der Waals surface area contributed by atoms with Gasteiger partial charge in [0, 0.05) is 59.2 Å². The topological polar surface area (TPSA) is 103 Å². The second kappa shape index (κ2) is 12.4. The van der Waals surface area contributed by atoms with Crippen LogP contribution < -0.4 is 4.90 Å². The molecule has 1 aliphatic heterocycles. The number of Topliss-reactive ketones (excluding diaryl/α,β-unsaturated/α-hetero) is 1. The molecular weight excluding hydrogens is 569 g/mol. The molecule has 3 heterocycles. The van der Waals surface area contributed by atoms with E-state index in [4.69, 9.17) is 4.74 Å². The Bertz CT molecular complexity index is 1500. The van der Waals surface area contributed by atoms with Crippen LogP contribution in [0.4, 0.5) is 11.5 Å². The molecule has 1 aliphatic rings. The van der Waals surface area contributed by atoms with Crippen LogP contribution in [0.2, 0.25) is 25.7 Å². The number of hydrogen-bond acceptors (Lipinski definition) is 7. The first-order valence-corrected chi connectivity index (χ1v) is 19.7. The molecule has 0 unspecified atom stereocenters. The molecule has 42 heavy (non-hydrogen) atoms. The predicted octanol–water partition coefficient (Wildman–Crippen LogP) is 5.14. The summed E-state index contributed by atoms with van der Waals surface area (Å²) in [6.45, 7) is 15.2. The van der Waals surface area contributed by atoms with Crippen molar-refractivity contribution in [3.05, 3.63) is 59.3 Å². The summed E-state index contributed by atoms with van der Waals surface area (Å²) in [6, 6.07) is 8.98. The Kier molecular flexibility index (Phi) is 9.51. The second-order valence-corrected chi connectivity index (χ2v) is 21.4. The molecule has 2 aromatic heterocycles. The lowest BCUT2D eigenvalue weighted by Crippen LogP contribution is -2.31. The van der Waals surface area contributed by atoms with Gasteiger partial charge in [0.2, 0.25) is 5.78 Å². The number of aromatic nitrogens is 4. The van der Waals surface area contributed by atoms with Gasteiger partial charge >= 0.3 is 10.2 Å². The van der Waals surface area contributed by atoms with Crippen LogP contribution in [-0.4, -0.2) is 72.6 Å². The summed E-state index contributed by atoms with van der Waals surface area (Å²) in [4.78, 5) is 20.2. The summed E-state index contributed by atoms with van der Waals surface area (Å²) in [6.07, 6.45) is 6.01. The Morgan fingerprint density at radius 1 is 1.12 bits per heavy atom. The van der Waals surface area contributed by atoms with Gasteiger partial charge in [-0.3, -0.25) is 4.79 Å². The van der Waals surface area contributed by atoms with E-state index in [1.807, 2.05) is 35.1 Å². The summed E-state index contributed by atoms with van der Waals surface area (Å²) in [5.74, 6) is 0.647. The maximum absolute atomic E-state index is 13.4. The number of ketones is 1. The number of imidazole rings is 1. The van der Waals surface area contributed by atoms with Crippen molar-refractivity contribution >= 4 is 35.6 Å². The number of ether oxygens (including phenoxy) is 1. The van der Waals surface area contributed by atoms with Crippen LogP contribution in [0.5, 0.6) is 0 Å². The van der Waals surface area contributed by atoms with Crippen LogP contribution in [0.1, 0.15) is 54.6 Å². The first-order chi connectivity index (χ1) is 19.5. The van der Waals surface area contributed by atoms with Crippen molar-refractivity contribution in [3.8, 4) is 0 Å². The normalized spacial score (nSPS) is 14.5. The van der Waals surface area contributed by atoms with Gasteiger partial charge in [-0.15, -0.1) is 0 Å². The van der Waals surface area contributed by atoms with Crippen molar-refractivity contribution in [2.24, 2.45) is 5.41 Å². The predicted molar refractivity (Wildman–Crippen MR) is 170 cm³/mol. The monoisotopic (exact) mass is 614 g/mol. The average Bonchev–Trinajstić information content (AvgIpc) is 3.50. The molecule has 0 atom stereocenters. The van der Waals surface area contributed by atoms with E-state index in [2.05, 4.69) is 55.4 Å². The van der Waals surface area contributed by atoms with Gasteiger partial charge in [-0.2, -0.15) is 17.8 Å². The van der Waals surface area contributed by atoms with Crippen LogP contribution >= 0.6 is 0 Å². The molecule has 10 nitrogen and oxygen atoms in total. The third-order valence-corrected chi connectivity index (χ3v) is 10.6. The average molecular weight is 615 g/mol. The number of benzene rings is 1. The number of carbonyl (C=O) groups excluding carboxylic acids is 1. The van der Waals surface area contributed by atoms with E-state index < -0.39 is 18.3 Å². The number of hydrogen-bond donors (Lipinski definition) is 0. The van der Waals surface area contributed by atoms with E-state index >= 15 is 0 Å². The van der Waals surface area contributed by atoms with Gasteiger partial charge in [-0.25, -0.2) is 13.6 Å². The highest BCUT2D eigenvalue weighted by Crippen LogP contribution is 2.34. The lowest BCUT2D eigenvalue weighted by atomic mass is 9.91. The molecule has 0 amide bonds. The zero-order valence-corrected chi connectivity index (χ0v) is 28.2. The van der Waals surface area contributed by atoms with Crippen LogP contribution in [0.3, 0.4) is 0 Å². The lowest BCUT2D eigenvalue weighted by molar-refractivity contribution is 0.0795. The van der Waals surface area contributed by atoms with Crippen molar-refractivity contribution in [1.82, 2.24) is 23.0 Å². The molecule has 0 fully saturated rings. The third-order valence-electron chi connectivity index (χ3n) is 7.19. The number of fused-ring (bicyclic) bond motifs is 1. The van der Waals surface area contributed by atoms with Gasteiger partial charge in [0.15, 0.2) is 5.82 Å². The maximum atomic E-state index is 13.4. The van der Waals surface area contributed by atoms with Crippen LogP contribution in [0.25, 0.3) is 0 Å². The number of nitrogens with zero attached hydrogens (tertiary/aromatic N) is 6. The third kappa shape index (κ3) is 7.77. The molecule has 0 bridgehead atoms. The van der Waals surface area contributed by atoms with E-state index in [1.54, 1.807) is 0 Å². The highest BCUT2D eigenvalue weighted by Gasteiger charge is 2.28. The zero-order valence-electron chi connectivity index (χ0n) is 26.3. The van der Waals surface area contributed by atoms with Crippen molar-refractivity contribution < 1.29 is 17.9 Å². The highest BCUT2D eigenvalue weighted by atomic mass is 32.2. The lowest BCUT2D eigenvalue weighted by Gasteiger charge is -2.30. The number of rotatable bonds is 12. The quantitative estimate of drug-likeness (QED) is 0.158. The molecular formula is C30H46N6O4SSi. The number of carbonyl (C=O) groups is 1. The summed E-state index contributed by atoms with van der Waals surface area (Å²) in [5.41, 5.74) is 3.47. The minimum atomic E-state index is -3.90. The summed E-state index contributed by atoms with van der Waals surface area (Å²) < 4.78 is 36.1. The van der Waals surface area contributed by atoms with Gasteiger partial charge in [0.1, 0.15) is 12.5 Å². The molecule has 12 heteroatoms. The van der Waals surface area contributed by atoms with Crippen molar-refractivity contribution in [2.45, 2.75) is 78.9 Å². The van der Waals surface area contributed by atoms with Crippen LogP contribution in [-0.2, 0) is 40.9 Å². The van der Waals surface area contributed by atoms with E-state index in [-0.39, 0.29) is 23.4 Å². The molecule has 0 N–H and O–H groups in total. The zero-order chi connectivity index (χ0) is 30.9. The van der Waals surface area contributed by atoms with E-state index in [0.29, 0.717) is 18.8 Å². The van der Waals surface area contributed by atoms with E-state index in [1.165, 1.54) is 25.9 Å². The van der Waals surface area contributed by atoms with Gasteiger partial charge in [-0.05, 0) is 48.4 Å². The smallest absolute Gasteiger partial charge is 0.308 e. The molecule has 0 radical (unpaired) electrons. The number of anilines is 2. The molecule has 0 aliphatic carbocycles. The Morgan fingerprint density at radius 3 is 2.43 bits per heavy atom. The molecule has 4 rings (SSSR count). The first-order valence-electron chi connectivity index (χ1n) is 14.6. The fourth-order valence-electron chi connectivity index (χ4n) is 4.95. The molecule has 1 aromatic carbocycles. The van der Waals surface area contributed by atoms with Crippen molar-refractivity contribution in [3.63, 3.8) is 0 Å². The van der Waals surface area contributed by atoms with Gasteiger partial charge in [0.05, 0.1) is 11.9 Å². The largest absolute Gasteiger partial charge is 0.359 e. The van der Waals surface area contributed by atoms with Gasteiger partial charge in [-0.1, -0.05) is 52.5 Å². The van der Waals surface area contributed by atoms with Gasteiger partial charge < -0.3 is 9.64 Å². The molecule has 3 aromatic rings. The Morgan fingerprint density at radius 2 is 1.81 bits per heavy atom. The van der Waals surface area contributed by atoms with Crippen LogP contribution in [0, 0.1) is 5.41 Å². The molecule has 0 saturated carbocycles. The standard InChI is InChI=1S/C30H46N6O4SSi/c1-30(2,3)19-25-21-36(41(38,39)33(4)5)28(32-25)27(37)18-23-11-13-26(14-12-23)34-15-9-10-24-20-31-35(29(24)34)22-40-16-17-42(6,7)8/h11-14,20-21H,9-10,15-19,22H2,1-8H3. The SMILES string of the molecule is CN(C)S(=O)(=O)n1cc(CC(C)(C)C)nc1C(=O)Cc1ccc(N2CCCc3cnn(COCC[Si](C)(C)C)c32)cc1.